The first-order chi connectivity index (χ1) is 24.4. The summed E-state index contributed by atoms with van der Waals surface area (Å²) in [5, 5.41) is 13.1. The predicted molar refractivity (Wildman–Crippen MR) is 204 cm³/mol. The third kappa shape index (κ3) is 8.92. The summed E-state index contributed by atoms with van der Waals surface area (Å²) >= 11 is 5.13. The number of piperazine rings is 1. The minimum Gasteiger partial charge on any atom is -0.507 e. The van der Waals surface area contributed by atoms with Crippen molar-refractivity contribution in [1.82, 2.24) is 26.4 Å². The number of carbonyl (C=O) groups is 3. The van der Waals surface area contributed by atoms with Crippen molar-refractivity contribution < 1.29 is 32.6 Å². The number of fused-ring (bicyclic) bond motifs is 1. The van der Waals surface area contributed by atoms with Gasteiger partial charge in [-0.2, -0.15) is 12.7 Å². The lowest BCUT2D eigenvalue weighted by Crippen LogP contribution is -2.56. The lowest BCUT2D eigenvalue weighted by molar-refractivity contribution is -0.142. The molecule has 0 aromatic heterocycles. The van der Waals surface area contributed by atoms with Crippen molar-refractivity contribution in [1.29, 1.82) is 0 Å². The van der Waals surface area contributed by atoms with Gasteiger partial charge in [0, 0.05) is 113 Å². The van der Waals surface area contributed by atoms with Crippen LogP contribution in [-0.4, -0.2) is 142 Å². The molecule has 2 N–H and O–H groups in total. The van der Waals surface area contributed by atoms with Crippen molar-refractivity contribution in [2.75, 3.05) is 71.3 Å². The molecule has 51 heavy (non-hydrogen) atoms. The molecular formula is C34H45BrIN7O7S. The molecule has 2 aromatic carbocycles. The van der Waals surface area contributed by atoms with Gasteiger partial charge in [-0.3, -0.25) is 9.69 Å². The molecule has 6 rings (SSSR count). The Balaban J connectivity index is 1.05. The van der Waals surface area contributed by atoms with E-state index in [1.54, 1.807) is 50.9 Å². The van der Waals surface area contributed by atoms with Crippen LogP contribution in [-0.2, 0) is 32.6 Å². The number of nitrogens with zero attached hydrogens (tertiary/aromatic N) is 6. The number of phenolic OH excluding ortho intramolecular Hbond substituents is 1. The monoisotopic (exact) mass is 901 g/mol. The van der Waals surface area contributed by atoms with Crippen LogP contribution >= 0.6 is 38.8 Å². The summed E-state index contributed by atoms with van der Waals surface area (Å²) in [7, 11) is -1.93. The maximum absolute atomic E-state index is 14.0. The number of likely N-dealkylation sites (tertiary alicyclic amines) is 2. The van der Waals surface area contributed by atoms with E-state index in [2.05, 4.69) is 26.1 Å². The third-order valence-electron chi connectivity index (χ3n) is 10.5. The number of benzene rings is 2. The van der Waals surface area contributed by atoms with Crippen LogP contribution in [0, 0.1) is 0 Å². The number of hydrogen-bond donors (Lipinski definition) is 2. The summed E-state index contributed by atoms with van der Waals surface area (Å²) in [6.45, 7) is 4.51. The minimum atomic E-state index is -3.46. The molecule has 3 saturated heterocycles. The molecule has 17 heteroatoms. The van der Waals surface area contributed by atoms with Crippen LogP contribution in [0.1, 0.15) is 36.8 Å². The lowest BCUT2D eigenvalue weighted by Gasteiger charge is -2.43. The summed E-state index contributed by atoms with van der Waals surface area (Å²) in [6, 6.07) is 12.9. The number of aromatic hydroxyl groups is 1. The van der Waals surface area contributed by atoms with Crippen LogP contribution < -0.4 is 5.32 Å². The molecule has 4 amide bonds. The molecule has 14 nitrogen and oxygen atoms in total. The van der Waals surface area contributed by atoms with E-state index in [0.717, 1.165) is 36.1 Å². The molecule has 0 unspecified atom stereocenters. The van der Waals surface area contributed by atoms with Crippen LogP contribution in [0.5, 0.6) is 5.75 Å². The highest BCUT2D eigenvalue weighted by Gasteiger charge is 2.37. The highest BCUT2D eigenvalue weighted by Crippen LogP contribution is 2.28. The van der Waals surface area contributed by atoms with E-state index in [-0.39, 0.29) is 36.2 Å². The zero-order chi connectivity index (χ0) is 36.3. The quantitative estimate of drug-likeness (QED) is 0.300. The second-order valence-electron chi connectivity index (χ2n) is 13.5. The van der Waals surface area contributed by atoms with Crippen LogP contribution in [0.15, 0.2) is 46.9 Å². The maximum Gasteiger partial charge on any atom is 0.410 e. The fraction of sp³-hybridized carbons (Fsp3) is 0.559. The van der Waals surface area contributed by atoms with E-state index in [9.17, 15) is 27.9 Å². The summed E-state index contributed by atoms with van der Waals surface area (Å²) in [5.74, 6) is -0.187. The number of piperidine rings is 2. The van der Waals surface area contributed by atoms with Crippen molar-refractivity contribution >= 4 is 72.7 Å². The van der Waals surface area contributed by atoms with Crippen molar-refractivity contribution in [3.8, 4) is 5.75 Å². The summed E-state index contributed by atoms with van der Waals surface area (Å²) in [5.41, 5.74) is 2.67. The van der Waals surface area contributed by atoms with Crippen LogP contribution in [0.3, 0.4) is 0 Å². The van der Waals surface area contributed by atoms with Crippen LogP contribution in [0.25, 0.3) is 0 Å². The third-order valence-corrected chi connectivity index (χ3v) is 14.2. The van der Waals surface area contributed by atoms with Crippen molar-refractivity contribution in [2.45, 2.75) is 56.7 Å². The zero-order valence-corrected chi connectivity index (χ0v) is 33.2. The van der Waals surface area contributed by atoms with Crippen LogP contribution in [0.2, 0.25) is 0 Å². The first kappa shape index (κ1) is 38.0. The smallest absolute Gasteiger partial charge is 0.410 e. The van der Waals surface area contributed by atoms with Gasteiger partial charge < -0.3 is 29.9 Å². The predicted octanol–water partition coefficient (Wildman–Crippen LogP) is 3.89. The number of carbonyl (C=O) groups excluding carboxylic acids is 3. The van der Waals surface area contributed by atoms with Crippen LogP contribution in [0.4, 0.5) is 15.3 Å². The summed E-state index contributed by atoms with van der Waals surface area (Å²) in [6.07, 6.45) is 1.96. The molecular weight excluding hydrogens is 857 g/mol. The SMILES string of the molecule is CN(I)S(=O)(=O)N1CCN(C2CCN(C(=O)[C@@H](Cc3ccc(O)c(Br)c3)OC(=O)N3CCC(N4CCc5ccccc5NC4=O)CC3)CC2)CC1. The number of hydrogen-bond acceptors (Lipinski definition) is 8. The molecule has 0 bridgehead atoms. The van der Waals surface area contributed by atoms with E-state index in [0.29, 0.717) is 76.2 Å². The Morgan fingerprint density at radius 3 is 2.27 bits per heavy atom. The highest BCUT2D eigenvalue weighted by atomic mass is 127. The molecule has 278 valence electrons. The number of para-hydroxylation sites is 1. The van der Waals surface area contributed by atoms with Gasteiger partial charge in [0.1, 0.15) is 5.75 Å². The van der Waals surface area contributed by atoms with Gasteiger partial charge >= 0.3 is 12.1 Å². The standard InChI is InChI=1S/C34H45BrIN7O7S/c1-38(36)51(48,49)42-20-18-39(19-21-42)26-9-13-40(14-10-26)32(45)31(23-24-6-7-30(44)28(35)22-24)50-34(47)41-15-11-27(12-16-41)43-17-8-25-4-2-3-5-29(25)37-33(43)46/h2-7,22,26-27,31,44H,8-21,23H2,1H3,(H,37,46)/t31-/m1/s1. The number of ether oxygens (including phenoxy) is 1. The summed E-state index contributed by atoms with van der Waals surface area (Å²) < 4.78 is 34.3. The first-order valence-electron chi connectivity index (χ1n) is 17.4. The average Bonchev–Trinajstić information content (AvgIpc) is 3.30. The zero-order valence-electron chi connectivity index (χ0n) is 28.6. The number of amides is 4. The Hall–Kier alpha value is -2.71. The van der Waals surface area contributed by atoms with Crippen molar-refractivity contribution in [3.05, 3.63) is 58.1 Å². The second-order valence-corrected chi connectivity index (χ2v) is 18.4. The number of halogens is 2. The fourth-order valence-electron chi connectivity index (χ4n) is 7.48. The number of anilines is 1. The molecule has 4 aliphatic heterocycles. The van der Waals surface area contributed by atoms with Crippen molar-refractivity contribution in [2.24, 2.45) is 0 Å². The molecule has 2 aromatic rings. The Kier molecular flexibility index (Phi) is 12.3. The Labute approximate surface area is 321 Å². The molecule has 0 aliphatic carbocycles. The van der Waals surface area contributed by atoms with Gasteiger partial charge in [0.15, 0.2) is 6.10 Å². The van der Waals surface area contributed by atoms with Gasteiger partial charge in [-0.05, 0) is 77.4 Å². The Morgan fingerprint density at radius 1 is 0.961 bits per heavy atom. The molecule has 0 spiro atoms. The molecule has 1 atom stereocenters. The molecule has 4 heterocycles. The number of rotatable bonds is 8. The normalized spacial score (nSPS) is 20.9. The summed E-state index contributed by atoms with van der Waals surface area (Å²) in [4.78, 5) is 48.3. The molecule has 3 fully saturated rings. The largest absolute Gasteiger partial charge is 0.507 e. The van der Waals surface area contributed by atoms with Gasteiger partial charge in [0.2, 0.25) is 0 Å². The van der Waals surface area contributed by atoms with Crippen molar-refractivity contribution in [3.63, 3.8) is 0 Å². The number of nitrogens with one attached hydrogen (secondary N) is 1. The first-order valence-corrected chi connectivity index (χ1v) is 20.6. The fourth-order valence-corrected chi connectivity index (χ4v) is 9.60. The molecule has 0 saturated carbocycles. The van der Waals surface area contributed by atoms with Gasteiger partial charge in [-0.1, -0.05) is 24.3 Å². The van der Waals surface area contributed by atoms with E-state index in [1.165, 1.54) is 13.9 Å². The topological polar surface area (TPSA) is 146 Å². The number of urea groups is 1. The van der Waals surface area contributed by atoms with Gasteiger partial charge in [-0.25, -0.2) is 9.59 Å². The van der Waals surface area contributed by atoms with E-state index >= 15 is 0 Å². The second kappa shape index (κ2) is 16.5. The van der Waals surface area contributed by atoms with Gasteiger partial charge in [0.25, 0.3) is 16.1 Å². The molecule has 4 aliphatic rings. The van der Waals surface area contributed by atoms with E-state index < -0.39 is 22.4 Å². The molecule has 0 radical (unpaired) electrons. The minimum absolute atomic E-state index is 0.0172. The maximum atomic E-state index is 14.0. The Bertz CT molecular complexity index is 1700. The lowest BCUT2D eigenvalue weighted by atomic mass is 10.0. The van der Waals surface area contributed by atoms with E-state index in [1.807, 2.05) is 29.2 Å². The highest BCUT2D eigenvalue weighted by molar-refractivity contribution is 14.1. The number of phenols is 1. The van der Waals surface area contributed by atoms with Gasteiger partial charge in [0.05, 0.1) is 4.47 Å². The van der Waals surface area contributed by atoms with E-state index in [4.69, 9.17) is 4.74 Å². The Morgan fingerprint density at radius 2 is 1.61 bits per heavy atom. The average molecular weight is 903 g/mol. The van der Waals surface area contributed by atoms with Gasteiger partial charge in [-0.15, -0.1) is 2.52 Å².